The fraction of sp³-hybridized carbons (Fsp3) is 0.933. The summed E-state index contributed by atoms with van der Waals surface area (Å²) < 4.78 is 34.8. The number of hydrogen-bond donors (Lipinski definition) is 4. The van der Waals surface area contributed by atoms with Gasteiger partial charge in [0.1, 0.15) is 24.4 Å². The fourth-order valence-electron chi connectivity index (χ4n) is 3.43. The van der Waals surface area contributed by atoms with Crippen molar-refractivity contribution in [3.8, 4) is 0 Å². The van der Waals surface area contributed by atoms with E-state index < -0.39 is 67.8 Å². The van der Waals surface area contributed by atoms with Crippen LogP contribution < -0.4 is 0 Å². The summed E-state index contributed by atoms with van der Waals surface area (Å²) in [7, 11) is 0.894. The first-order valence-electron chi connectivity index (χ1n) is 9.54. The van der Waals surface area contributed by atoms with E-state index in [-0.39, 0.29) is 138 Å². The average molecular weight is 1120 g/mol. The van der Waals surface area contributed by atoms with Gasteiger partial charge in [-0.15, -0.1) is 0 Å². The molecule has 12 nitrogen and oxygen atoms in total. The van der Waals surface area contributed by atoms with Crippen LogP contribution in [0.4, 0.5) is 0 Å². The van der Waals surface area contributed by atoms with Gasteiger partial charge in [-0.25, -0.2) is 0 Å². The van der Waals surface area contributed by atoms with Crippen molar-refractivity contribution in [2.75, 3.05) is 6.61 Å². The molecule has 0 spiro atoms. The van der Waals surface area contributed by atoms with Crippen LogP contribution in [0, 0.1) is 144 Å². The minimum absolute atomic E-state index is 0. The predicted molar refractivity (Wildman–Crippen MR) is 103 cm³/mol. The van der Waals surface area contributed by atoms with Crippen LogP contribution in [0.15, 0.2) is 5.11 Å². The molecule has 4 radical (unpaired) electrons. The summed E-state index contributed by atoms with van der Waals surface area (Å²) in [5.41, 5.74) is 8.91. The molecule has 0 aromatic heterocycles. The monoisotopic (exact) mass is 1120 g/mol. The van der Waals surface area contributed by atoms with Gasteiger partial charge >= 0.3 is 0 Å². The van der Waals surface area contributed by atoms with Crippen molar-refractivity contribution >= 4 is 24.9 Å². The maximum absolute atomic E-state index is 10.6. The van der Waals surface area contributed by atoms with Crippen LogP contribution in [0.2, 0.25) is 0 Å². The number of nitrogens with one attached hydrogen (secondary N) is 1. The number of rotatable bonds is 8. The third kappa shape index (κ3) is 9.84. The summed E-state index contributed by atoms with van der Waals surface area (Å²) in [5, 5.41) is 41.7. The number of azide groups is 1. The van der Waals surface area contributed by atoms with Gasteiger partial charge in [0.15, 0.2) is 12.2 Å². The van der Waals surface area contributed by atoms with Gasteiger partial charge in [-0.3, -0.25) is 5.41 Å². The van der Waals surface area contributed by atoms with E-state index in [1.54, 1.807) is 13.8 Å². The van der Waals surface area contributed by atoms with E-state index in [2.05, 4.69) is 10.0 Å². The molecule has 2 rings (SSSR count). The van der Waals surface area contributed by atoms with E-state index in [1.165, 1.54) is 6.92 Å². The molecular formula is C15H26Ac3BN4O8S. The van der Waals surface area contributed by atoms with Crippen LogP contribution in [0.1, 0.15) is 20.8 Å². The Bertz CT molecular complexity index is 650. The van der Waals surface area contributed by atoms with Crippen molar-refractivity contribution in [2.24, 2.45) is 11.0 Å². The number of hydrogen-bond acceptors (Lipinski definition) is 11. The quantitative estimate of drug-likeness (QED) is 0.0485. The van der Waals surface area contributed by atoms with Crippen molar-refractivity contribution in [3.63, 3.8) is 0 Å². The zero-order valence-electron chi connectivity index (χ0n) is 18.9. The van der Waals surface area contributed by atoms with Crippen LogP contribution in [-0.2, 0) is 23.1 Å². The summed E-state index contributed by atoms with van der Waals surface area (Å²) >= 11 is 0.631. The maximum atomic E-state index is 10.6. The molecule has 17 heteroatoms. The van der Waals surface area contributed by atoms with Gasteiger partial charge in [-0.05, 0) is 13.8 Å². The van der Waals surface area contributed by atoms with Gasteiger partial charge in [-0.1, -0.05) is 23.9 Å². The molecule has 2 heterocycles. The summed E-state index contributed by atoms with van der Waals surface area (Å²) in [6.07, 6.45) is -8.24. The molecule has 0 aromatic rings. The molecular weight excluding hydrogens is 1090 g/mol. The number of nitrogens with zero attached hydrogens (tertiary/aromatic N) is 3. The largest absolute Gasteiger partial charge is 0.450 e. The number of ether oxygens (including phenoxy) is 4. The Morgan fingerprint density at radius 2 is 1.88 bits per heavy atom. The summed E-state index contributed by atoms with van der Waals surface area (Å²) in [6, 6.07) is -1.22. The number of aliphatic hydroxyl groups excluding tert-OH is 3. The second kappa shape index (κ2) is 18.5. The molecule has 0 aromatic carbocycles. The first-order valence-corrected chi connectivity index (χ1v) is 9.77. The molecule has 4 N–H and O–H groups in total. The normalized spacial score (nSPS) is 39.0. The first kappa shape index (κ1) is 35.2. The molecule has 0 bridgehead atoms. The topological polar surface area (TPSA) is 179 Å². The molecule has 2 saturated heterocycles. The van der Waals surface area contributed by atoms with Crippen molar-refractivity contribution in [2.45, 2.75) is 76.0 Å². The van der Waals surface area contributed by atoms with Crippen molar-refractivity contribution in [1.82, 2.24) is 0 Å². The van der Waals surface area contributed by atoms with E-state index in [1.807, 2.05) is 0 Å². The summed E-state index contributed by atoms with van der Waals surface area (Å²) in [5.74, 6) is -0.639. The Kier molecular flexibility index (Phi) is 20.4. The minimum atomic E-state index is -1.39. The standard InChI is InChI=1S/C15H26BN4O8S.3Ac/c1-5-10(22)15(25-7(3)17)24-6(2)12(5)27-14-9(19-20-18)11(23)13(28-29-16)8(4-21)26-14;;;/h5-6,8-17,21-23H,4H2,1-3H3;;;/t5-,6?,8?,9?,10?,11+,12+,13-,14-,15-;;;/m0.../s1/i16T;;;. The Hall–Kier alpha value is 3.24. The van der Waals surface area contributed by atoms with Gasteiger partial charge in [0, 0.05) is 150 Å². The molecule has 10 atom stereocenters. The molecule has 0 amide bonds. The van der Waals surface area contributed by atoms with Gasteiger partial charge in [0.2, 0.25) is 13.4 Å². The van der Waals surface area contributed by atoms with E-state index in [0.717, 1.165) is 7.09 Å². The zero-order valence-corrected chi connectivity index (χ0v) is 33.0. The predicted octanol–water partition coefficient (Wildman–Crippen LogP) is -0.267. The molecule has 172 valence electrons. The Morgan fingerprint density at radius 1 is 1.22 bits per heavy atom. The summed E-state index contributed by atoms with van der Waals surface area (Å²) in [4.78, 5) is 2.73. The van der Waals surface area contributed by atoms with Crippen LogP contribution in [-0.4, -0.2) is 91.5 Å². The van der Waals surface area contributed by atoms with Crippen LogP contribution in [0.5, 0.6) is 0 Å². The molecule has 0 aliphatic carbocycles. The van der Waals surface area contributed by atoms with Gasteiger partial charge < -0.3 is 38.5 Å². The maximum Gasteiger partial charge on any atom is 0.228 e. The molecule has 0 saturated carbocycles. The van der Waals surface area contributed by atoms with Gasteiger partial charge in [0.25, 0.3) is 0 Å². The van der Waals surface area contributed by atoms with Crippen molar-refractivity contribution < 1.29 is 171 Å². The SMILES string of the molecule is [3H][B]SO[C@H]1C(CO)O[C@@H](O[C@H]2C(C)O[C@@H](OC(C)=N)C(O)[C@@H]2C)C(N=[N+]=[N-])[C@H]1O.[Ac].[Ac].[Ac]. The molecule has 32 heavy (non-hydrogen) atoms. The third-order valence-corrected chi connectivity index (χ3v) is 5.24. The third-order valence-electron chi connectivity index (χ3n) is 4.90. The Labute approximate surface area is 301 Å². The molecule has 2 aliphatic heterocycles. The van der Waals surface area contributed by atoms with Crippen molar-refractivity contribution in [1.29, 1.82) is 6.74 Å². The van der Waals surface area contributed by atoms with Crippen LogP contribution in [0.25, 0.3) is 10.4 Å². The second-order valence-corrected chi connectivity index (χ2v) is 7.29. The second-order valence-electron chi connectivity index (χ2n) is 6.90. The molecule has 2 aliphatic rings. The Balaban J connectivity index is 0. The number of aliphatic hydroxyl groups is 3. The van der Waals surface area contributed by atoms with Crippen molar-refractivity contribution in [3.05, 3.63) is 10.4 Å². The first-order chi connectivity index (χ1) is 14.2. The van der Waals surface area contributed by atoms with Crippen LogP contribution in [0.3, 0.4) is 0 Å². The van der Waals surface area contributed by atoms with Crippen LogP contribution >= 0.6 is 11.9 Å². The van der Waals surface area contributed by atoms with Gasteiger partial charge in [-0.2, -0.15) is 0 Å². The molecule has 2 fully saturated rings. The minimum Gasteiger partial charge on any atom is -0.450 e. The van der Waals surface area contributed by atoms with E-state index in [0.29, 0.717) is 11.9 Å². The molecule has 4 unspecified atom stereocenters. The van der Waals surface area contributed by atoms with E-state index in [4.69, 9.17) is 35.4 Å². The Morgan fingerprint density at radius 3 is 2.41 bits per heavy atom. The zero-order chi connectivity index (χ0) is 22.4. The average Bonchev–Trinajstić information content (AvgIpc) is 2.70. The van der Waals surface area contributed by atoms with E-state index in [9.17, 15) is 15.3 Å². The smallest absolute Gasteiger partial charge is 0.228 e. The van der Waals surface area contributed by atoms with E-state index >= 15 is 0 Å². The summed E-state index contributed by atoms with van der Waals surface area (Å²) in [6.45, 7) is 4.27. The fourth-order valence-corrected chi connectivity index (χ4v) is 3.80. The van der Waals surface area contributed by atoms with Gasteiger partial charge in [0.05, 0.1) is 24.9 Å².